The first kappa shape index (κ1) is 21.7. The van der Waals surface area contributed by atoms with Crippen molar-refractivity contribution in [3.8, 4) is 5.75 Å². The van der Waals surface area contributed by atoms with Crippen molar-refractivity contribution in [2.45, 2.75) is 27.3 Å². The van der Waals surface area contributed by atoms with Crippen LogP contribution < -0.4 is 10.1 Å². The van der Waals surface area contributed by atoms with Crippen LogP contribution in [0.25, 0.3) is 0 Å². The van der Waals surface area contributed by atoms with Gasteiger partial charge in [-0.2, -0.15) is 0 Å². The fourth-order valence-corrected chi connectivity index (χ4v) is 2.84. The molecule has 25 heavy (non-hydrogen) atoms. The molecule has 0 radical (unpaired) electrons. The fraction of sp³-hybridized carbons (Fsp3) is 0.444. The summed E-state index contributed by atoms with van der Waals surface area (Å²) in [6.45, 7) is 9.00. The van der Waals surface area contributed by atoms with Crippen LogP contribution in [-0.4, -0.2) is 42.6 Å². The lowest BCUT2D eigenvalue weighted by Crippen LogP contribution is -2.40. The molecule has 2 aromatic rings. The van der Waals surface area contributed by atoms with Gasteiger partial charge in [0.15, 0.2) is 5.96 Å². The van der Waals surface area contributed by atoms with E-state index in [0.717, 1.165) is 29.8 Å². The smallest absolute Gasteiger partial charge is 0.194 e. The Morgan fingerprint density at radius 1 is 1.28 bits per heavy atom. The molecule has 2 rings (SSSR count). The summed E-state index contributed by atoms with van der Waals surface area (Å²) < 4.78 is 5.79. The van der Waals surface area contributed by atoms with Crippen LogP contribution in [0.4, 0.5) is 0 Å². The van der Waals surface area contributed by atoms with Crippen LogP contribution >= 0.6 is 35.3 Å². The minimum absolute atomic E-state index is 0. The van der Waals surface area contributed by atoms with Gasteiger partial charge < -0.3 is 15.0 Å². The molecule has 0 unspecified atom stereocenters. The van der Waals surface area contributed by atoms with Gasteiger partial charge in [-0.25, -0.2) is 9.98 Å². The van der Waals surface area contributed by atoms with E-state index in [1.54, 1.807) is 11.3 Å². The summed E-state index contributed by atoms with van der Waals surface area (Å²) in [5, 5.41) is 4.35. The van der Waals surface area contributed by atoms with E-state index in [4.69, 9.17) is 4.74 Å². The first-order valence-electron chi connectivity index (χ1n) is 8.18. The highest BCUT2D eigenvalue weighted by atomic mass is 127. The number of likely N-dealkylation sites (N-methyl/N-ethyl adjacent to an activating group) is 1. The molecule has 0 saturated carbocycles. The lowest BCUT2D eigenvalue weighted by atomic mass is 10.2. The van der Waals surface area contributed by atoms with Crippen molar-refractivity contribution in [1.82, 2.24) is 15.2 Å². The van der Waals surface area contributed by atoms with E-state index < -0.39 is 0 Å². The number of aliphatic imine (C=N–C) groups is 1. The average molecular weight is 474 g/mol. The van der Waals surface area contributed by atoms with Crippen LogP contribution in [-0.2, 0) is 6.54 Å². The number of nitrogens with one attached hydrogen (secondary N) is 1. The van der Waals surface area contributed by atoms with Crippen molar-refractivity contribution in [2.75, 3.05) is 26.7 Å². The molecule has 0 saturated heterocycles. The van der Waals surface area contributed by atoms with E-state index in [1.165, 1.54) is 10.4 Å². The second-order valence-corrected chi connectivity index (χ2v) is 6.94. The summed E-state index contributed by atoms with van der Waals surface area (Å²) in [5.41, 5.74) is 1.23. The van der Waals surface area contributed by atoms with Crippen LogP contribution in [0, 0.1) is 13.8 Å². The molecule has 0 spiro atoms. The third-order valence-corrected chi connectivity index (χ3v) is 4.34. The summed E-state index contributed by atoms with van der Waals surface area (Å²) >= 11 is 1.69. The third-order valence-electron chi connectivity index (χ3n) is 3.45. The summed E-state index contributed by atoms with van der Waals surface area (Å²) in [4.78, 5) is 12.3. The van der Waals surface area contributed by atoms with Gasteiger partial charge in [0.2, 0.25) is 0 Å². The van der Waals surface area contributed by atoms with Gasteiger partial charge in [0, 0.05) is 24.7 Å². The Hall–Kier alpha value is -1.35. The lowest BCUT2D eigenvalue weighted by molar-refractivity contribution is 0.281. The van der Waals surface area contributed by atoms with E-state index in [9.17, 15) is 0 Å². The summed E-state index contributed by atoms with van der Waals surface area (Å²) in [5.74, 6) is 1.77. The number of ether oxygens (including phenoxy) is 1. The number of halogens is 1. The van der Waals surface area contributed by atoms with Gasteiger partial charge in [-0.1, -0.05) is 17.7 Å². The molecule has 0 atom stereocenters. The van der Waals surface area contributed by atoms with Gasteiger partial charge in [-0.15, -0.1) is 35.3 Å². The number of aryl methyl sites for hydroxylation is 2. The first-order valence-corrected chi connectivity index (χ1v) is 9.00. The maximum absolute atomic E-state index is 5.79. The minimum atomic E-state index is 0. The SMILES string of the molecule is CCNC(=NCc1ncc(C)s1)N(C)CCOc1ccc(C)cc1.I. The highest BCUT2D eigenvalue weighted by molar-refractivity contribution is 14.0. The van der Waals surface area contributed by atoms with Crippen LogP contribution in [0.5, 0.6) is 5.75 Å². The van der Waals surface area contributed by atoms with E-state index in [1.807, 2.05) is 25.4 Å². The summed E-state index contributed by atoms with van der Waals surface area (Å²) in [7, 11) is 2.02. The molecule has 0 aliphatic heterocycles. The van der Waals surface area contributed by atoms with Crippen LogP contribution in [0.1, 0.15) is 22.4 Å². The predicted molar refractivity (Wildman–Crippen MR) is 116 cm³/mol. The average Bonchev–Trinajstić information content (AvgIpc) is 2.98. The number of rotatable bonds is 7. The quantitative estimate of drug-likeness (QED) is 0.376. The Kier molecular flexibility index (Phi) is 9.81. The van der Waals surface area contributed by atoms with E-state index in [-0.39, 0.29) is 24.0 Å². The zero-order chi connectivity index (χ0) is 17.4. The van der Waals surface area contributed by atoms with Crippen LogP contribution in [0.2, 0.25) is 0 Å². The molecule has 0 aliphatic carbocycles. The van der Waals surface area contributed by atoms with Crippen LogP contribution in [0.3, 0.4) is 0 Å². The van der Waals surface area contributed by atoms with Gasteiger partial charge in [0.25, 0.3) is 0 Å². The number of hydrogen-bond donors (Lipinski definition) is 1. The highest BCUT2D eigenvalue weighted by Gasteiger charge is 2.06. The topological polar surface area (TPSA) is 49.8 Å². The molecular formula is C18H27IN4OS. The van der Waals surface area contributed by atoms with E-state index in [2.05, 4.69) is 53.1 Å². The number of guanidine groups is 1. The largest absolute Gasteiger partial charge is 0.492 e. The zero-order valence-corrected chi connectivity index (χ0v) is 18.4. The van der Waals surface area contributed by atoms with Gasteiger partial charge in [0.1, 0.15) is 17.4 Å². The molecule has 5 nitrogen and oxygen atoms in total. The Labute approximate surface area is 171 Å². The van der Waals surface area contributed by atoms with Crippen molar-refractivity contribution in [2.24, 2.45) is 4.99 Å². The zero-order valence-electron chi connectivity index (χ0n) is 15.3. The number of benzene rings is 1. The Morgan fingerprint density at radius 3 is 2.60 bits per heavy atom. The molecule has 7 heteroatoms. The first-order chi connectivity index (χ1) is 11.6. The molecule has 1 aromatic carbocycles. The lowest BCUT2D eigenvalue weighted by Gasteiger charge is -2.22. The molecule has 1 aromatic heterocycles. The van der Waals surface area contributed by atoms with Crippen LogP contribution in [0.15, 0.2) is 35.5 Å². The molecule has 1 N–H and O–H groups in total. The number of aromatic nitrogens is 1. The Bertz CT molecular complexity index is 657. The second-order valence-electron chi connectivity index (χ2n) is 5.62. The molecule has 0 aliphatic rings. The molecule has 138 valence electrons. The van der Waals surface area contributed by atoms with Crippen molar-refractivity contribution in [1.29, 1.82) is 0 Å². The fourth-order valence-electron chi connectivity index (χ4n) is 2.13. The number of thiazole rings is 1. The maximum Gasteiger partial charge on any atom is 0.194 e. The normalized spacial score (nSPS) is 11.0. The minimum Gasteiger partial charge on any atom is -0.492 e. The van der Waals surface area contributed by atoms with Gasteiger partial charge >= 0.3 is 0 Å². The predicted octanol–water partition coefficient (Wildman–Crippen LogP) is 3.85. The molecule has 0 amide bonds. The summed E-state index contributed by atoms with van der Waals surface area (Å²) in [6.07, 6.45) is 1.89. The Morgan fingerprint density at radius 2 is 2.00 bits per heavy atom. The van der Waals surface area contributed by atoms with Crippen molar-refractivity contribution in [3.63, 3.8) is 0 Å². The van der Waals surface area contributed by atoms with Crippen molar-refractivity contribution in [3.05, 3.63) is 45.9 Å². The maximum atomic E-state index is 5.79. The van der Waals surface area contributed by atoms with E-state index >= 15 is 0 Å². The van der Waals surface area contributed by atoms with Gasteiger partial charge in [-0.3, -0.25) is 0 Å². The molecule has 0 fully saturated rings. The highest BCUT2D eigenvalue weighted by Crippen LogP contribution is 2.12. The number of hydrogen-bond acceptors (Lipinski definition) is 4. The molecule has 0 bridgehead atoms. The Balaban J connectivity index is 0.00000312. The molecular weight excluding hydrogens is 447 g/mol. The molecule has 1 heterocycles. The van der Waals surface area contributed by atoms with Crippen molar-refractivity contribution < 1.29 is 4.74 Å². The monoisotopic (exact) mass is 474 g/mol. The number of nitrogens with zero attached hydrogens (tertiary/aromatic N) is 3. The van der Waals surface area contributed by atoms with Gasteiger partial charge in [-0.05, 0) is 32.9 Å². The summed E-state index contributed by atoms with van der Waals surface area (Å²) in [6, 6.07) is 8.11. The van der Waals surface area contributed by atoms with Crippen molar-refractivity contribution >= 4 is 41.3 Å². The second kappa shape index (κ2) is 11.3. The van der Waals surface area contributed by atoms with E-state index in [0.29, 0.717) is 13.2 Å². The third kappa shape index (κ3) is 7.60. The standard InChI is InChI=1S/C18H26N4OS.HI/c1-5-19-18(21-13-17-20-12-15(3)24-17)22(4)10-11-23-16-8-6-14(2)7-9-16;/h6-9,12H,5,10-11,13H2,1-4H3,(H,19,21);1H. The van der Waals surface area contributed by atoms with Gasteiger partial charge in [0.05, 0.1) is 13.1 Å².